The SMILES string of the molecule is CC(C)(C)c1ccc(N(CC(=O)NCc2ccco2)S(C)(=O)=O)cc1. The van der Waals surface area contributed by atoms with Gasteiger partial charge in [0.1, 0.15) is 12.3 Å². The van der Waals surface area contributed by atoms with Gasteiger partial charge in [-0.05, 0) is 35.2 Å². The van der Waals surface area contributed by atoms with E-state index in [4.69, 9.17) is 4.42 Å². The molecule has 0 fully saturated rings. The molecule has 6 nitrogen and oxygen atoms in total. The molecule has 0 unspecified atom stereocenters. The lowest BCUT2D eigenvalue weighted by atomic mass is 9.87. The molecule has 1 aromatic carbocycles. The van der Waals surface area contributed by atoms with Crippen molar-refractivity contribution in [3.8, 4) is 0 Å². The van der Waals surface area contributed by atoms with Crippen LogP contribution in [0.4, 0.5) is 5.69 Å². The van der Waals surface area contributed by atoms with Crippen molar-refractivity contribution in [1.82, 2.24) is 5.32 Å². The molecule has 0 aliphatic heterocycles. The highest BCUT2D eigenvalue weighted by atomic mass is 32.2. The van der Waals surface area contributed by atoms with Gasteiger partial charge < -0.3 is 9.73 Å². The molecular formula is C18H24N2O4S. The number of benzene rings is 1. The van der Waals surface area contributed by atoms with Gasteiger partial charge in [-0.1, -0.05) is 32.9 Å². The van der Waals surface area contributed by atoms with Crippen molar-refractivity contribution >= 4 is 21.6 Å². The molecule has 0 aliphatic carbocycles. The fourth-order valence-electron chi connectivity index (χ4n) is 2.31. The molecule has 0 atom stereocenters. The summed E-state index contributed by atoms with van der Waals surface area (Å²) in [5.74, 6) is 0.204. The van der Waals surface area contributed by atoms with Gasteiger partial charge in [0.25, 0.3) is 0 Å². The fourth-order valence-corrected chi connectivity index (χ4v) is 3.17. The average molecular weight is 364 g/mol. The van der Waals surface area contributed by atoms with E-state index in [1.54, 1.807) is 24.3 Å². The van der Waals surface area contributed by atoms with E-state index in [9.17, 15) is 13.2 Å². The number of nitrogens with zero attached hydrogens (tertiary/aromatic N) is 1. The van der Waals surface area contributed by atoms with Crippen LogP contribution in [0.5, 0.6) is 0 Å². The van der Waals surface area contributed by atoms with E-state index in [-0.39, 0.29) is 18.5 Å². The number of carbonyl (C=O) groups excluding carboxylic acids is 1. The topological polar surface area (TPSA) is 79.6 Å². The van der Waals surface area contributed by atoms with Gasteiger partial charge in [-0.15, -0.1) is 0 Å². The number of nitrogens with one attached hydrogen (secondary N) is 1. The molecular weight excluding hydrogens is 340 g/mol. The molecule has 0 saturated heterocycles. The van der Waals surface area contributed by atoms with Gasteiger partial charge in [0.15, 0.2) is 0 Å². The third-order valence-electron chi connectivity index (χ3n) is 3.75. The van der Waals surface area contributed by atoms with E-state index >= 15 is 0 Å². The molecule has 1 heterocycles. The van der Waals surface area contributed by atoms with Gasteiger partial charge in [0.2, 0.25) is 15.9 Å². The monoisotopic (exact) mass is 364 g/mol. The van der Waals surface area contributed by atoms with Crippen LogP contribution in [0.25, 0.3) is 0 Å². The number of furan rings is 1. The maximum Gasteiger partial charge on any atom is 0.241 e. The first-order chi connectivity index (χ1) is 11.6. The van der Waals surface area contributed by atoms with Crippen LogP contribution in [-0.4, -0.2) is 27.1 Å². The van der Waals surface area contributed by atoms with Crippen molar-refractivity contribution < 1.29 is 17.6 Å². The van der Waals surface area contributed by atoms with Gasteiger partial charge in [-0.25, -0.2) is 8.42 Å². The van der Waals surface area contributed by atoms with Crippen LogP contribution in [0, 0.1) is 0 Å². The minimum Gasteiger partial charge on any atom is -0.467 e. The first kappa shape index (κ1) is 19.1. The number of anilines is 1. The van der Waals surface area contributed by atoms with E-state index in [0.29, 0.717) is 11.4 Å². The lowest BCUT2D eigenvalue weighted by Crippen LogP contribution is -2.40. The second kappa shape index (κ2) is 7.31. The summed E-state index contributed by atoms with van der Waals surface area (Å²) in [6, 6.07) is 10.7. The smallest absolute Gasteiger partial charge is 0.241 e. The molecule has 1 amide bonds. The molecule has 0 bridgehead atoms. The summed E-state index contributed by atoms with van der Waals surface area (Å²) in [7, 11) is -3.58. The summed E-state index contributed by atoms with van der Waals surface area (Å²) in [5, 5.41) is 2.65. The maximum atomic E-state index is 12.1. The van der Waals surface area contributed by atoms with Gasteiger partial charge in [-0.2, -0.15) is 0 Å². The Morgan fingerprint density at radius 2 is 1.80 bits per heavy atom. The van der Waals surface area contributed by atoms with Crippen LogP contribution in [0.2, 0.25) is 0 Å². The highest BCUT2D eigenvalue weighted by molar-refractivity contribution is 7.92. The summed E-state index contributed by atoms with van der Waals surface area (Å²) in [4.78, 5) is 12.1. The molecule has 1 aromatic heterocycles. The van der Waals surface area contributed by atoms with Gasteiger partial charge in [-0.3, -0.25) is 9.10 Å². The van der Waals surface area contributed by atoms with Crippen LogP contribution in [-0.2, 0) is 26.8 Å². The predicted molar refractivity (Wildman–Crippen MR) is 97.9 cm³/mol. The molecule has 0 saturated carbocycles. The van der Waals surface area contributed by atoms with E-state index in [1.165, 1.54) is 6.26 Å². The Hall–Kier alpha value is -2.28. The van der Waals surface area contributed by atoms with Gasteiger partial charge in [0.05, 0.1) is 24.8 Å². The van der Waals surface area contributed by atoms with Crippen molar-refractivity contribution in [2.75, 3.05) is 17.1 Å². The molecule has 7 heteroatoms. The summed E-state index contributed by atoms with van der Waals surface area (Å²) in [6.45, 7) is 6.18. The van der Waals surface area contributed by atoms with Crippen molar-refractivity contribution in [2.45, 2.75) is 32.7 Å². The normalized spacial score (nSPS) is 12.0. The zero-order valence-electron chi connectivity index (χ0n) is 14.9. The van der Waals surface area contributed by atoms with Crippen LogP contribution in [0.1, 0.15) is 32.1 Å². The number of hydrogen-bond acceptors (Lipinski definition) is 4. The first-order valence-corrected chi connectivity index (χ1v) is 9.79. The van der Waals surface area contributed by atoms with Crippen molar-refractivity contribution in [1.29, 1.82) is 0 Å². The summed E-state index contributed by atoms with van der Waals surface area (Å²) >= 11 is 0. The minimum atomic E-state index is -3.58. The Labute approximate surface area is 148 Å². The quantitative estimate of drug-likeness (QED) is 0.855. The van der Waals surface area contributed by atoms with E-state index < -0.39 is 15.9 Å². The zero-order valence-corrected chi connectivity index (χ0v) is 15.8. The number of hydrogen-bond donors (Lipinski definition) is 1. The number of carbonyl (C=O) groups is 1. The summed E-state index contributed by atoms with van der Waals surface area (Å²) in [5.41, 5.74) is 1.52. The molecule has 2 aromatic rings. The minimum absolute atomic E-state index is 0.0329. The van der Waals surface area contributed by atoms with Crippen LogP contribution >= 0.6 is 0 Å². The highest BCUT2D eigenvalue weighted by Crippen LogP contribution is 2.25. The molecule has 2 rings (SSSR count). The Morgan fingerprint density at radius 3 is 2.28 bits per heavy atom. The average Bonchev–Trinajstić information content (AvgIpc) is 3.02. The predicted octanol–water partition coefficient (Wildman–Crippen LogP) is 2.66. The Kier molecular flexibility index (Phi) is 5.57. The van der Waals surface area contributed by atoms with Crippen molar-refractivity contribution in [2.24, 2.45) is 0 Å². The highest BCUT2D eigenvalue weighted by Gasteiger charge is 2.22. The van der Waals surface area contributed by atoms with Crippen molar-refractivity contribution in [3.63, 3.8) is 0 Å². The molecule has 1 N–H and O–H groups in total. The van der Waals surface area contributed by atoms with E-state index in [2.05, 4.69) is 26.1 Å². The third-order valence-corrected chi connectivity index (χ3v) is 4.89. The summed E-state index contributed by atoms with van der Waals surface area (Å²) in [6.07, 6.45) is 2.60. The lowest BCUT2D eigenvalue weighted by molar-refractivity contribution is -0.119. The number of sulfonamides is 1. The number of amides is 1. The third kappa shape index (κ3) is 5.35. The lowest BCUT2D eigenvalue weighted by Gasteiger charge is -2.24. The fraction of sp³-hybridized carbons (Fsp3) is 0.389. The Bertz CT molecular complexity index is 804. The zero-order chi connectivity index (χ0) is 18.7. The largest absolute Gasteiger partial charge is 0.467 e. The van der Waals surface area contributed by atoms with Crippen LogP contribution in [0.3, 0.4) is 0 Å². The van der Waals surface area contributed by atoms with Crippen LogP contribution < -0.4 is 9.62 Å². The first-order valence-electron chi connectivity index (χ1n) is 7.95. The van der Waals surface area contributed by atoms with Crippen LogP contribution in [0.15, 0.2) is 47.1 Å². The second-order valence-electron chi connectivity index (χ2n) is 6.92. The van der Waals surface area contributed by atoms with Gasteiger partial charge >= 0.3 is 0 Å². The summed E-state index contributed by atoms with van der Waals surface area (Å²) < 4.78 is 30.5. The van der Waals surface area contributed by atoms with E-state index in [1.807, 2.05) is 12.1 Å². The maximum absolute atomic E-state index is 12.1. The molecule has 136 valence electrons. The Balaban J connectivity index is 2.12. The standard InChI is InChI=1S/C18H24N2O4S/c1-18(2,3)14-7-9-15(10-8-14)20(25(4,22)23)13-17(21)19-12-16-6-5-11-24-16/h5-11H,12-13H2,1-4H3,(H,19,21). The molecule has 0 aliphatic rings. The molecule has 0 radical (unpaired) electrons. The van der Waals surface area contributed by atoms with Crippen molar-refractivity contribution in [3.05, 3.63) is 54.0 Å². The molecule has 25 heavy (non-hydrogen) atoms. The Morgan fingerprint density at radius 1 is 1.16 bits per heavy atom. The molecule has 0 spiro atoms. The second-order valence-corrected chi connectivity index (χ2v) is 8.83. The number of rotatable bonds is 6. The van der Waals surface area contributed by atoms with E-state index in [0.717, 1.165) is 16.1 Å². The van der Waals surface area contributed by atoms with Gasteiger partial charge in [0, 0.05) is 0 Å².